The predicted octanol–water partition coefficient (Wildman–Crippen LogP) is 0.627. The highest BCUT2D eigenvalue weighted by molar-refractivity contribution is 7.89. The van der Waals surface area contributed by atoms with Crippen molar-refractivity contribution in [3.63, 3.8) is 0 Å². The number of ether oxygens (including phenoxy) is 1. The molecule has 8 heteroatoms. The van der Waals surface area contributed by atoms with E-state index in [4.69, 9.17) is 4.74 Å². The van der Waals surface area contributed by atoms with E-state index in [1.807, 2.05) is 27.7 Å². The molecule has 7 nitrogen and oxygen atoms in total. The molecule has 2 N–H and O–H groups in total. The van der Waals surface area contributed by atoms with Gasteiger partial charge in [-0.25, -0.2) is 8.42 Å². The van der Waals surface area contributed by atoms with Crippen molar-refractivity contribution >= 4 is 10.0 Å². The van der Waals surface area contributed by atoms with Crippen LogP contribution in [0.25, 0.3) is 0 Å². The third-order valence-corrected chi connectivity index (χ3v) is 5.38. The van der Waals surface area contributed by atoms with E-state index in [2.05, 4.69) is 15.5 Å². The smallest absolute Gasteiger partial charge is 0.262 e. The number of sulfonamides is 1. The average Bonchev–Trinajstić information content (AvgIpc) is 2.77. The Morgan fingerprint density at radius 2 is 2.19 bits per heavy atom. The van der Waals surface area contributed by atoms with Gasteiger partial charge in [0.05, 0.1) is 12.2 Å². The Kier molecular flexibility index (Phi) is 4.72. The van der Waals surface area contributed by atoms with Crippen molar-refractivity contribution in [3.8, 4) is 0 Å². The SMILES string of the molecule is CCNCc1c(S(=O)(=O)N2CCOC(C)(C)C2)n[nH]c1C. The molecule has 120 valence electrons. The first-order valence-corrected chi connectivity index (χ1v) is 8.60. The fourth-order valence-electron chi connectivity index (χ4n) is 2.40. The Morgan fingerprint density at radius 3 is 2.81 bits per heavy atom. The number of aromatic amines is 1. The molecule has 0 aliphatic carbocycles. The van der Waals surface area contributed by atoms with Gasteiger partial charge in [0.1, 0.15) is 0 Å². The summed E-state index contributed by atoms with van der Waals surface area (Å²) >= 11 is 0. The van der Waals surface area contributed by atoms with Crippen LogP contribution in [0.2, 0.25) is 0 Å². The zero-order valence-corrected chi connectivity index (χ0v) is 13.9. The van der Waals surface area contributed by atoms with Crippen LogP contribution < -0.4 is 5.32 Å². The van der Waals surface area contributed by atoms with Gasteiger partial charge in [-0.05, 0) is 27.3 Å². The third kappa shape index (κ3) is 3.45. The molecule has 0 spiro atoms. The summed E-state index contributed by atoms with van der Waals surface area (Å²) in [6.45, 7) is 9.96. The molecule has 2 rings (SSSR count). The maximum atomic E-state index is 12.8. The van der Waals surface area contributed by atoms with Crippen LogP contribution in [0.5, 0.6) is 0 Å². The molecule has 0 atom stereocenters. The molecule has 1 saturated heterocycles. The second-order valence-electron chi connectivity index (χ2n) is 5.86. The van der Waals surface area contributed by atoms with Gasteiger partial charge >= 0.3 is 0 Å². The van der Waals surface area contributed by atoms with Crippen LogP contribution in [0.3, 0.4) is 0 Å². The van der Waals surface area contributed by atoms with E-state index in [-0.39, 0.29) is 5.03 Å². The van der Waals surface area contributed by atoms with Crippen molar-refractivity contribution in [1.82, 2.24) is 19.8 Å². The lowest BCUT2D eigenvalue weighted by Gasteiger charge is -2.37. The lowest BCUT2D eigenvalue weighted by Crippen LogP contribution is -2.50. The molecular weight excluding hydrogens is 292 g/mol. The summed E-state index contributed by atoms with van der Waals surface area (Å²) in [6.07, 6.45) is 0. The highest BCUT2D eigenvalue weighted by Gasteiger charge is 2.37. The minimum absolute atomic E-state index is 0.124. The number of rotatable bonds is 5. The fraction of sp³-hybridized carbons (Fsp3) is 0.769. The predicted molar refractivity (Wildman–Crippen MR) is 79.5 cm³/mol. The molecule has 0 saturated carbocycles. The van der Waals surface area contributed by atoms with Gasteiger partial charge in [0.2, 0.25) is 0 Å². The van der Waals surface area contributed by atoms with Crippen molar-refractivity contribution in [3.05, 3.63) is 11.3 Å². The van der Waals surface area contributed by atoms with Gasteiger partial charge in [0.15, 0.2) is 5.03 Å². The van der Waals surface area contributed by atoms with Crippen molar-refractivity contribution < 1.29 is 13.2 Å². The lowest BCUT2D eigenvalue weighted by molar-refractivity contribution is -0.0640. The Balaban J connectivity index is 2.31. The van der Waals surface area contributed by atoms with Gasteiger partial charge < -0.3 is 10.1 Å². The standard InChI is InChI=1S/C13H24N4O3S/c1-5-14-8-11-10(2)15-16-12(11)21(18,19)17-6-7-20-13(3,4)9-17/h14H,5-9H2,1-4H3,(H,15,16). The Bertz CT molecular complexity index is 595. The van der Waals surface area contributed by atoms with Gasteiger partial charge in [-0.1, -0.05) is 6.92 Å². The van der Waals surface area contributed by atoms with Crippen LogP contribution >= 0.6 is 0 Å². The molecule has 0 unspecified atom stereocenters. The first-order chi connectivity index (χ1) is 9.78. The summed E-state index contributed by atoms with van der Waals surface area (Å²) < 4.78 is 32.7. The monoisotopic (exact) mass is 316 g/mol. The van der Waals surface area contributed by atoms with E-state index >= 15 is 0 Å². The maximum Gasteiger partial charge on any atom is 0.262 e. The van der Waals surface area contributed by atoms with E-state index in [0.717, 1.165) is 12.2 Å². The lowest BCUT2D eigenvalue weighted by atomic mass is 10.1. The first kappa shape index (κ1) is 16.4. The molecule has 0 radical (unpaired) electrons. The molecular formula is C13H24N4O3S. The molecule has 0 aromatic carbocycles. The number of nitrogens with one attached hydrogen (secondary N) is 2. The van der Waals surface area contributed by atoms with Crippen molar-refractivity contribution in [2.75, 3.05) is 26.2 Å². The molecule has 1 aromatic heterocycles. The van der Waals surface area contributed by atoms with Gasteiger partial charge in [-0.3, -0.25) is 5.10 Å². The summed E-state index contributed by atoms with van der Waals surface area (Å²) in [7, 11) is -3.60. The largest absolute Gasteiger partial charge is 0.373 e. The number of aryl methyl sites for hydroxylation is 1. The van der Waals surface area contributed by atoms with Crippen molar-refractivity contribution in [2.45, 2.75) is 44.9 Å². The maximum absolute atomic E-state index is 12.8. The molecule has 0 bridgehead atoms. The molecule has 1 aliphatic rings. The summed E-state index contributed by atoms with van der Waals surface area (Å²) in [5.74, 6) is 0. The minimum atomic E-state index is -3.60. The number of hydrogen-bond donors (Lipinski definition) is 2. The van der Waals surface area contributed by atoms with Crippen LogP contribution in [0.4, 0.5) is 0 Å². The third-order valence-electron chi connectivity index (χ3n) is 3.56. The van der Waals surface area contributed by atoms with E-state index in [0.29, 0.717) is 31.8 Å². The molecule has 1 fully saturated rings. The Hall–Kier alpha value is -0.960. The number of hydrogen-bond acceptors (Lipinski definition) is 5. The Morgan fingerprint density at radius 1 is 1.48 bits per heavy atom. The van der Waals surface area contributed by atoms with Crippen LogP contribution in [0, 0.1) is 6.92 Å². The second-order valence-corrected chi connectivity index (χ2v) is 7.71. The highest BCUT2D eigenvalue weighted by atomic mass is 32.2. The number of morpholine rings is 1. The Labute approximate surface area is 126 Å². The molecule has 1 aromatic rings. The van der Waals surface area contributed by atoms with Crippen LogP contribution in [0.1, 0.15) is 32.0 Å². The quantitative estimate of drug-likeness (QED) is 0.832. The molecule has 0 amide bonds. The van der Waals surface area contributed by atoms with Gasteiger partial charge in [-0.15, -0.1) is 0 Å². The zero-order chi connectivity index (χ0) is 15.7. The fourth-order valence-corrected chi connectivity index (χ4v) is 4.14. The van der Waals surface area contributed by atoms with Crippen LogP contribution in [0.15, 0.2) is 5.03 Å². The normalized spacial score (nSPS) is 19.8. The summed E-state index contributed by atoms with van der Waals surface area (Å²) in [6, 6.07) is 0. The molecule has 1 aliphatic heterocycles. The minimum Gasteiger partial charge on any atom is -0.373 e. The topological polar surface area (TPSA) is 87.3 Å². The van der Waals surface area contributed by atoms with E-state index < -0.39 is 15.6 Å². The molecule has 2 heterocycles. The van der Waals surface area contributed by atoms with Gasteiger partial charge in [0.25, 0.3) is 10.0 Å². The van der Waals surface area contributed by atoms with E-state index in [9.17, 15) is 8.42 Å². The summed E-state index contributed by atoms with van der Waals surface area (Å²) in [5, 5.41) is 10.1. The van der Waals surface area contributed by atoms with E-state index in [1.165, 1.54) is 4.31 Å². The second kappa shape index (κ2) is 6.04. The van der Waals surface area contributed by atoms with Crippen molar-refractivity contribution in [2.24, 2.45) is 0 Å². The number of nitrogens with zero attached hydrogens (tertiary/aromatic N) is 2. The zero-order valence-electron chi connectivity index (χ0n) is 13.1. The summed E-state index contributed by atoms with van der Waals surface area (Å²) in [4.78, 5) is 0. The van der Waals surface area contributed by atoms with Crippen LogP contribution in [-0.2, 0) is 21.3 Å². The first-order valence-electron chi connectivity index (χ1n) is 7.16. The van der Waals surface area contributed by atoms with Gasteiger partial charge in [-0.2, -0.15) is 9.40 Å². The number of H-pyrrole nitrogens is 1. The summed E-state index contributed by atoms with van der Waals surface area (Å²) in [5.41, 5.74) is 1.02. The highest BCUT2D eigenvalue weighted by Crippen LogP contribution is 2.25. The van der Waals surface area contributed by atoms with Gasteiger partial charge in [0, 0.05) is 30.9 Å². The molecule has 21 heavy (non-hydrogen) atoms. The van der Waals surface area contributed by atoms with Crippen molar-refractivity contribution in [1.29, 1.82) is 0 Å². The van der Waals surface area contributed by atoms with Crippen LogP contribution in [-0.4, -0.2) is 54.8 Å². The number of aromatic nitrogens is 2. The van der Waals surface area contributed by atoms with E-state index in [1.54, 1.807) is 0 Å². The average molecular weight is 316 g/mol.